The summed E-state index contributed by atoms with van der Waals surface area (Å²) in [6.07, 6.45) is 4.93. The van der Waals surface area contributed by atoms with Crippen LogP contribution in [0.4, 0.5) is 0 Å². The van der Waals surface area contributed by atoms with Crippen molar-refractivity contribution >= 4 is 7.37 Å². The molecule has 0 spiro atoms. The van der Waals surface area contributed by atoms with Crippen molar-refractivity contribution < 1.29 is 28.8 Å². The molecule has 3 unspecified atom stereocenters. The lowest BCUT2D eigenvalue weighted by molar-refractivity contribution is 0.186. The molecule has 7 nitrogen and oxygen atoms in total. The van der Waals surface area contributed by atoms with Crippen molar-refractivity contribution in [2.45, 2.75) is 51.2 Å². The lowest BCUT2D eigenvalue weighted by atomic mass is 9.91. The van der Waals surface area contributed by atoms with Crippen molar-refractivity contribution in [3.8, 4) is 17.2 Å². The topological polar surface area (TPSA) is 97.2 Å². The Morgan fingerprint density at radius 1 is 1.10 bits per heavy atom. The van der Waals surface area contributed by atoms with Crippen LogP contribution >= 0.6 is 7.37 Å². The number of methoxy groups -OCH3 is 3. The van der Waals surface area contributed by atoms with Crippen molar-refractivity contribution in [2.75, 3.05) is 40.2 Å². The van der Waals surface area contributed by atoms with Crippen LogP contribution in [0.15, 0.2) is 12.1 Å². The molecule has 0 amide bonds. The third-order valence-corrected chi connectivity index (χ3v) is 7.69. The van der Waals surface area contributed by atoms with E-state index >= 15 is 0 Å². The summed E-state index contributed by atoms with van der Waals surface area (Å²) in [5.74, 6) is 1.96. The highest BCUT2D eigenvalue weighted by molar-refractivity contribution is 7.58. The van der Waals surface area contributed by atoms with Crippen molar-refractivity contribution in [1.82, 2.24) is 5.32 Å². The van der Waals surface area contributed by atoms with Gasteiger partial charge in [0.1, 0.15) is 0 Å². The molecule has 0 aliphatic heterocycles. The monoisotopic (exact) mass is 429 g/mol. The van der Waals surface area contributed by atoms with Gasteiger partial charge < -0.3 is 29.5 Å². The fourth-order valence-electron chi connectivity index (χ4n) is 4.02. The number of ether oxygens (including phenoxy) is 3. The van der Waals surface area contributed by atoms with Crippen LogP contribution in [0.3, 0.4) is 0 Å². The molecule has 1 fully saturated rings. The zero-order chi connectivity index (χ0) is 21.4. The van der Waals surface area contributed by atoms with Crippen molar-refractivity contribution in [3.05, 3.63) is 17.7 Å². The highest BCUT2D eigenvalue weighted by atomic mass is 31.2. The van der Waals surface area contributed by atoms with Crippen molar-refractivity contribution in [3.63, 3.8) is 0 Å². The van der Waals surface area contributed by atoms with Gasteiger partial charge in [0, 0.05) is 18.7 Å². The van der Waals surface area contributed by atoms with Gasteiger partial charge >= 0.3 is 0 Å². The first-order valence-electron chi connectivity index (χ1n) is 10.3. The van der Waals surface area contributed by atoms with Crippen LogP contribution in [0.2, 0.25) is 0 Å². The summed E-state index contributed by atoms with van der Waals surface area (Å²) in [6, 6.07) is 3.59. The Morgan fingerprint density at radius 2 is 1.69 bits per heavy atom. The molecule has 0 aromatic heterocycles. The molecule has 1 aromatic rings. The van der Waals surface area contributed by atoms with Gasteiger partial charge in [-0.1, -0.05) is 19.3 Å². The third-order valence-electron chi connectivity index (χ3n) is 5.61. The van der Waals surface area contributed by atoms with E-state index in [0.29, 0.717) is 29.3 Å². The number of hydrogen-bond acceptors (Lipinski definition) is 6. The maximum Gasteiger partial charge on any atom is 0.203 e. The molecule has 166 valence electrons. The molecule has 2 rings (SSSR count). The Balaban J connectivity index is 1.92. The zero-order valence-corrected chi connectivity index (χ0v) is 18.9. The van der Waals surface area contributed by atoms with Crippen LogP contribution < -0.4 is 19.5 Å². The van der Waals surface area contributed by atoms with Crippen LogP contribution in [-0.2, 0) is 4.57 Å². The van der Waals surface area contributed by atoms with Crippen molar-refractivity contribution in [2.24, 2.45) is 5.92 Å². The van der Waals surface area contributed by atoms with Gasteiger partial charge in [-0.25, -0.2) is 0 Å². The van der Waals surface area contributed by atoms with Crippen molar-refractivity contribution in [1.29, 1.82) is 0 Å². The van der Waals surface area contributed by atoms with E-state index in [1.54, 1.807) is 21.3 Å². The molecular formula is C21H36NO6P. The van der Waals surface area contributed by atoms with Crippen LogP contribution in [0.5, 0.6) is 17.2 Å². The average Bonchev–Trinajstić information content (AvgIpc) is 2.70. The summed E-state index contributed by atoms with van der Waals surface area (Å²) in [6.45, 7) is 2.18. The zero-order valence-electron chi connectivity index (χ0n) is 18.0. The third kappa shape index (κ3) is 7.18. The Labute approximate surface area is 174 Å². The molecule has 3 atom stereocenters. The van der Waals surface area contributed by atoms with E-state index in [4.69, 9.17) is 14.2 Å². The Kier molecular flexibility index (Phi) is 9.28. The van der Waals surface area contributed by atoms with Crippen LogP contribution in [0, 0.1) is 5.92 Å². The van der Waals surface area contributed by atoms with E-state index in [2.05, 4.69) is 5.32 Å². The predicted octanol–water partition coefficient (Wildman–Crippen LogP) is 3.57. The number of rotatable bonds is 11. The lowest BCUT2D eigenvalue weighted by Gasteiger charge is -2.25. The van der Waals surface area contributed by atoms with Gasteiger partial charge in [-0.2, -0.15) is 0 Å². The summed E-state index contributed by atoms with van der Waals surface area (Å²) in [7, 11) is 1.35. The average molecular weight is 429 g/mol. The molecule has 8 heteroatoms. The second-order valence-electron chi connectivity index (χ2n) is 7.96. The normalized spacial score (nSPS) is 19.2. The van der Waals surface area contributed by atoms with Crippen LogP contribution in [0.25, 0.3) is 0 Å². The van der Waals surface area contributed by atoms with E-state index in [-0.39, 0.29) is 18.7 Å². The number of nitrogens with one attached hydrogen (secondary N) is 1. The number of benzene rings is 1. The summed E-state index contributed by atoms with van der Waals surface area (Å²) >= 11 is 0. The first kappa shape index (κ1) is 24.0. The summed E-state index contributed by atoms with van der Waals surface area (Å²) in [5.41, 5.74) is 0.904. The molecule has 0 heterocycles. The van der Waals surface area contributed by atoms with Gasteiger partial charge in [-0.05, 0) is 43.4 Å². The molecule has 1 aliphatic carbocycles. The molecule has 0 bridgehead atoms. The summed E-state index contributed by atoms with van der Waals surface area (Å²) in [4.78, 5) is 10.3. The van der Waals surface area contributed by atoms with Gasteiger partial charge in [-0.15, -0.1) is 0 Å². The smallest absolute Gasteiger partial charge is 0.203 e. The Bertz CT molecular complexity index is 667. The van der Waals surface area contributed by atoms with E-state index in [1.165, 1.54) is 6.42 Å². The number of aliphatic hydroxyl groups excluding tert-OH is 1. The fourth-order valence-corrected chi connectivity index (χ4v) is 6.13. The van der Waals surface area contributed by atoms with Gasteiger partial charge in [0.15, 0.2) is 11.5 Å². The lowest BCUT2D eigenvalue weighted by Crippen LogP contribution is -2.32. The second-order valence-corrected chi connectivity index (χ2v) is 10.4. The molecule has 0 saturated heterocycles. The largest absolute Gasteiger partial charge is 0.493 e. The first-order valence-corrected chi connectivity index (χ1v) is 12.3. The van der Waals surface area contributed by atoms with Crippen LogP contribution in [-0.4, -0.2) is 56.3 Å². The SMILES string of the molecule is COc1cc(C(C)NCC(O)CP(=O)(O)CC2CCCCC2)cc(OC)c1OC. The minimum Gasteiger partial charge on any atom is -0.493 e. The minimum atomic E-state index is -3.33. The molecule has 1 aliphatic rings. The van der Waals surface area contributed by atoms with E-state index in [1.807, 2.05) is 19.1 Å². The van der Waals surface area contributed by atoms with Gasteiger partial charge in [-0.3, -0.25) is 4.57 Å². The number of aliphatic hydroxyl groups is 1. The standard InChI is InChI=1S/C21H36NO6P/c1-15(17-10-19(26-2)21(28-4)20(11-17)27-3)22-12-18(23)14-29(24,25)13-16-8-6-5-7-9-16/h10-11,15-16,18,22-23H,5-9,12-14H2,1-4H3,(H,24,25). The molecule has 1 saturated carbocycles. The molecule has 0 radical (unpaired) electrons. The van der Waals surface area contributed by atoms with Crippen LogP contribution in [0.1, 0.15) is 50.6 Å². The Morgan fingerprint density at radius 3 is 2.21 bits per heavy atom. The molecule has 3 N–H and O–H groups in total. The fraction of sp³-hybridized carbons (Fsp3) is 0.714. The highest BCUT2D eigenvalue weighted by Crippen LogP contribution is 2.46. The first-order chi connectivity index (χ1) is 13.8. The highest BCUT2D eigenvalue weighted by Gasteiger charge is 2.28. The summed E-state index contributed by atoms with van der Waals surface area (Å²) < 4.78 is 28.7. The van der Waals surface area contributed by atoms with Gasteiger partial charge in [0.25, 0.3) is 0 Å². The predicted molar refractivity (Wildman–Crippen MR) is 115 cm³/mol. The maximum atomic E-state index is 12.6. The van der Waals surface area contributed by atoms with Gasteiger partial charge in [0.05, 0.1) is 33.6 Å². The second kappa shape index (κ2) is 11.2. The molecular weight excluding hydrogens is 393 g/mol. The summed E-state index contributed by atoms with van der Waals surface area (Å²) in [5, 5.41) is 13.6. The minimum absolute atomic E-state index is 0.0710. The van der Waals surface area contributed by atoms with E-state index in [9.17, 15) is 14.6 Å². The van der Waals surface area contributed by atoms with Gasteiger partial charge in [0.2, 0.25) is 13.1 Å². The van der Waals surface area contributed by atoms with E-state index < -0.39 is 13.5 Å². The Hall–Kier alpha value is -1.27. The quantitative estimate of drug-likeness (QED) is 0.463. The molecule has 29 heavy (non-hydrogen) atoms. The molecule has 1 aromatic carbocycles. The number of hydrogen-bond donors (Lipinski definition) is 3. The van der Waals surface area contributed by atoms with E-state index in [0.717, 1.165) is 31.2 Å². The maximum absolute atomic E-state index is 12.6.